The molecule has 11 heavy (non-hydrogen) atoms. The van der Waals surface area contributed by atoms with Crippen LogP contribution in [0, 0.1) is 0 Å². The van der Waals surface area contributed by atoms with E-state index in [1.165, 1.54) is 4.31 Å². The van der Waals surface area contributed by atoms with Crippen LogP contribution in [0.2, 0.25) is 0 Å². The monoisotopic (exact) mass is 199 g/mol. The number of halogens is 1. The highest BCUT2D eigenvalue weighted by atomic mass is 35.7. The third-order valence-electron chi connectivity index (χ3n) is 1.30. The molecule has 0 spiro atoms. The highest BCUT2D eigenvalue weighted by Gasteiger charge is 2.29. The van der Waals surface area contributed by atoms with E-state index >= 15 is 0 Å². The maximum Gasteiger partial charge on any atom is 0.300 e. The van der Waals surface area contributed by atoms with Gasteiger partial charge >= 0.3 is 0 Å². The van der Waals surface area contributed by atoms with E-state index in [1.54, 1.807) is 27.7 Å². The summed E-state index contributed by atoms with van der Waals surface area (Å²) in [6.45, 7) is 7.56. The van der Waals surface area contributed by atoms with Crippen LogP contribution in [0.5, 0.6) is 0 Å². The molecule has 0 aliphatic rings. The summed E-state index contributed by atoms with van der Waals surface area (Å²) in [5.74, 6) is 0. The molecule has 5 heteroatoms. The van der Waals surface area contributed by atoms with Gasteiger partial charge in [-0.05, 0) is 20.8 Å². The molecule has 0 amide bonds. The van der Waals surface area contributed by atoms with Gasteiger partial charge in [0.2, 0.25) is 0 Å². The van der Waals surface area contributed by atoms with Crippen molar-refractivity contribution in [1.82, 2.24) is 4.31 Å². The standard InChI is InChI=1S/C6H14ClNO2S/c1-5-8(6(2,3)4)11(7,9)10/h5H2,1-4H3. The van der Waals surface area contributed by atoms with Gasteiger partial charge in [-0.15, -0.1) is 0 Å². The highest BCUT2D eigenvalue weighted by Crippen LogP contribution is 2.19. The Kier molecular flexibility index (Phi) is 3.35. The molecular weight excluding hydrogens is 186 g/mol. The van der Waals surface area contributed by atoms with Gasteiger partial charge in [0.25, 0.3) is 9.24 Å². The van der Waals surface area contributed by atoms with Gasteiger partial charge in [-0.1, -0.05) is 6.92 Å². The molecule has 0 aromatic carbocycles. The van der Waals surface area contributed by atoms with E-state index in [9.17, 15) is 8.42 Å². The normalized spacial score (nSPS) is 14.0. The fourth-order valence-corrected chi connectivity index (χ4v) is 2.83. The molecule has 0 radical (unpaired) electrons. The Balaban J connectivity index is 4.72. The van der Waals surface area contributed by atoms with Crippen molar-refractivity contribution in [2.45, 2.75) is 33.2 Å². The van der Waals surface area contributed by atoms with E-state index in [0.717, 1.165) is 0 Å². The van der Waals surface area contributed by atoms with Crippen LogP contribution < -0.4 is 0 Å². The second-order valence-corrected chi connectivity index (χ2v) is 5.71. The Morgan fingerprint density at radius 1 is 1.36 bits per heavy atom. The SMILES string of the molecule is CCN(C(C)(C)C)S(=O)(=O)Cl. The lowest BCUT2D eigenvalue weighted by Crippen LogP contribution is -2.43. The highest BCUT2D eigenvalue weighted by molar-refractivity contribution is 8.11. The third kappa shape index (κ3) is 3.40. The van der Waals surface area contributed by atoms with Gasteiger partial charge in [0.1, 0.15) is 0 Å². The zero-order valence-corrected chi connectivity index (χ0v) is 8.83. The van der Waals surface area contributed by atoms with E-state index in [0.29, 0.717) is 6.54 Å². The average Bonchev–Trinajstić information content (AvgIpc) is 1.56. The van der Waals surface area contributed by atoms with Crippen LogP contribution in [0.25, 0.3) is 0 Å². The van der Waals surface area contributed by atoms with Crippen molar-refractivity contribution >= 4 is 19.9 Å². The third-order valence-corrected chi connectivity index (χ3v) is 3.13. The molecule has 68 valence electrons. The maximum absolute atomic E-state index is 10.9. The number of hydrogen-bond acceptors (Lipinski definition) is 2. The maximum atomic E-state index is 10.9. The molecule has 0 unspecified atom stereocenters. The quantitative estimate of drug-likeness (QED) is 0.634. The van der Waals surface area contributed by atoms with Crippen molar-refractivity contribution in [3.63, 3.8) is 0 Å². The van der Waals surface area contributed by atoms with Crippen LogP contribution >= 0.6 is 10.7 Å². The summed E-state index contributed by atoms with van der Waals surface area (Å²) >= 11 is 0. The minimum Gasteiger partial charge on any atom is -0.195 e. The van der Waals surface area contributed by atoms with Crippen molar-refractivity contribution in [3.05, 3.63) is 0 Å². The first-order chi connectivity index (χ1) is 4.69. The van der Waals surface area contributed by atoms with Gasteiger partial charge in [-0.2, -0.15) is 12.7 Å². The molecule has 0 fully saturated rings. The zero-order chi connectivity index (χ0) is 9.28. The summed E-state index contributed by atoms with van der Waals surface area (Å²) in [6.07, 6.45) is 0. The van der Waals surface area contributed by atoms with Gasteiger partial charge in [0.05, 0.1) is 0 Å². The molecular formula is C6H14ClNO2S. The topological polar surface area (TPSA) is 37.4 Å². The van der Waals surface area contributed by atoms with Crippen molar-refractivity contribution in [1.29, 1.82) is 0 Å². The first-order valence-corrected chi connectivity index (χ1v) is 5.68. The summed E-state index contributed by atoms with van der Waals surface area (Å²) in [5, 5.41) is 0. The molecule has 0 saturated heterocycles. The number of nitrogens with zero attached hydrogens (tertiary/aromatic N) is 1. The van der Waals surface area contributed by atoms with E-state index in [-0.39, 0.29) is 0 Å². The van der Waals surface area contributed by atoms with Crippen molar-refractivity contribution < 1.29 is 8.42 Å². The lowest BCUT2D eigenvalue weighted by atomic mass is 10.1. The van der Waals surface area contributed by atoms with Crippen LogP contribution in [0.15, 0.2) is 0 Å². The lowest BCUT2D eigenvalue weighted by Gasteiger charge is -2.30. The first-order valence-electron chi connectivity index (χ1n) is 3.42. The van der Waals surface area contributed by atoms with Crippen LogP contribution in [0.1, 0.15) is 27.7 Å². The molecule has 0 rings (SSSR count). The first kappa shape index (κ1) is 11.2. The van der Waals surface area contributed by atoms with Crippen LogP contribution in [0.4, 0.5) is 0 Å². The fraction of sp³-hybridized carbons (Fsp3) is 1.00. The van der Waals surface area contributed by atoms with E-state index in [4.69, 9.17) is 10.7 Å². The Morgan fingerprint density at radius 3 is 1.73 bits per heavy atom. The van der Waals surface area contributed by atoms with E-state index < -0.39 is 14.8 Å². The molecule has 0 atom stereocenters. The van der Waals surface area contributed by atoms with Gasteiger partial charge in [-0.25, -0.2) is 0 Å². The Morgan fingerprint density at radius 2 is 1.73 bits per heavy atom. The Bertz CT molecular complexity index is 217. The average molecular weight is 200 g/mol. The second-order valence-electron chi connectivity index (χ2n) is 3.28. The Labute approximate surface area is 72.9 Å². The molecule has 0 N–H and O–H groups in total. The van der Waals surface area contributed by atoms with Gasteiger partial charge < -0.3 is 0 Å². The summed E-state index contributed by atoms with van der Waals surface area (Å²) in [6, 6.07) is 0. The van der Waals surface area contributed by atoms with Crippen LogP contribution in [-0.4, -0.2) is 24.8 Å². The summed E-state index contributed by atoms with van der Waals surface area (Å²) in [7, 11) is 1.61. The van der Waals surface area contributed by atoms with Crippen LogP contribution in [0.3, 0.4) is 0 Å². The minimum atomic E-state index is -3.57. The van der Waals surface area contributed by atoms with Crippen molar-refractivity contribution in [2.75, 3.05) is 6.54 Å². The van der Waals surface area contributed by atoms with Gasteiger partial charge in [-0.3, -0.25) is 0 Å². The van der Waals surface area contributed by atoms with Gasteiger partial charge in [0.15, 0.2) is 0 Å². The Hall–Kier alpha value is 0.200. The molecule has 0 aliphatic heterocycles. The molecule has 0 heterocycles. The van der Waals surface area contributed by atoms with Crippen LogP contribution in [-0.2, 0) is 9.24 Å². The molecule has 0 aliphatic carbocycles. The largest absolute Gasteiger partial charge is 0.300 e. The zero-order valence-electron chi connectivity index (χ0n) is 7.26. The minimum absolute atomic E-state index is 0.398. The predicted molar refractivity (Wildman–Crippen MR) is 46.9 cm³/mol. The van der Waals surface area contributed by atoms with E-state index in [2.05, 4.69) is 0 Å². The molecule has 0 aromatic heterocycles. The number of rotatable bonds is 2. The summed E-state index contributed by atoms with van der Waals surface area (Å²) < 4.78 is 23.0. The summed E-state index contributed by atoms with van der Waals surface area (Å²) in [4.78, 5) is 0. The summed E-state index contributed by atoms with van der Waals surface area (Å²) in [5.41, 5.74) is -0.435. The molecule has 0 aromatic rings. The van der Waals surface area contributed by atoms with E-state index in [1.807, 2.05) is 0 Å². The van der Waals surface area contributed by atoms with Crippen molar-refractivity contribution in [3.8, 4) is 0 Å². The number of hydrogen-bond donors (Lipinski definition) is 0. The smallest absolute Gasteiger partial charge is 0.195 e. The molecule has 0 saturated carbocycles. The predicted octanol–water partition coefficient (Wildman–Crippen LogP) is 1.59. The lowest BCUT2D eigenvalue weighted by molar-refractivity contribution is 0.265. The molecule has 0 bridgehead atoms. The van der Waals surface area contributed by atoms with Crippen molar-refractivity contribution in [2.24, 2.45) is 0 Å². The fourth-order valence-electron chi connectivity index (χ4n) is 0.956. The second kappa shape index (κ2) is 3.29. The van der Waals surface area contributed by atoms with Gasteiger partial charge in [0, 0.05) is 22.8 Å². The molecule has 3 nitrogen and oxygen atoms in total.